The van der Waals surface area contributed by atoms with Gasteiger partial charge in [0.1, 0.15) is 35.3 Å². The van der Waals surface area contributed by atoms with Crippen LogP contribution in [0.4, 0.5) is 17.5 Å². The summed E-state index contributed by atoms with van der Waals surface area (Å²) in [5, 5.41) is 49.2. The Hall–Kier alpha value is -5.46. The Kier molecular flexibility index (Phi) is 23.7. The van der Waals surface area contributed by atoms with Crippen LogP contribution in [0.5, 0.6) is 11.5 Å². The number of fused-ring (bicyclic) bond motifs is 1. The van der Waals surface area contributed by atoms with Crippen LogP contribution in [0.25, 0.3) is 11.0 Å². The number of carboxylic acids is 1. The van der Waals surface area contributed by atoms with Crippen LogP contribution in [0.15, 0.2) is 48.7 Å². The lowest BCUT2D eigenvalue weighted by Crippen LogP contribution is -2.61. The van der Waals surface area contributed by atoms with Crippen LogP contribution in [0, 0.1) is 5.92 Å². The Bertz CT molecular complexity index is 2580. The molecule has 0 bridgehead atoms. The number of nitrogens with two attached hydrogens (primary N) is 1. The number of nitrogen functional groups attached to an aromatic ring is 1. The first kappa shape index (κ1) is 60.8. The maximum absolute atomic E-state index is 13.0. The van der Waals surface area contributed by atoms with E-state index in [0.717, 1.165) is 72.1 Å². The van der Waals surface area contributed by atoms with Crippen LogP contribution in [0.2, 0.25) is 0 Å². The molecule has 10 N–H and O–H groups in total. The lowest BCUT2D eigenvalue weighted by Gasteiger charge is -2.38. The van der Waals surface area contributed by atoms with Crippen molar-refractivity contribution in [3.8, 4) is 11.5 Å². The summed E-state index contributed by atoms with van der Waals surface area (Å²) in [5.74, 6) is -0.0614. The van der Waals surface area contributed by atoms with Crippen LogP contribution in [0.1, 0.15) is 108 Å². The number of carboxylic acid groups (broad SMARTS) is 1. The molecule has 0 spiro atoms. The van der Waals surface area contributed by atoms with E-state index in [4.69, 9.17) is 29.0 Å². The van der Waals surface area contributed by atoms with E-state index in [1.807, 2.05) is 19.2 Å². The van der Waals surface area contributed by atoms with E-state index in [1.54, 1.807) is 7.11 Å². The van der Waals surface area contributed by atoms with Crippen molar-refractivity contribution in [2.24, 2.45) is 5.92 Å². The largest absolute Gasteiger partial charge is 0.496 e. The highest BCUT2D eigenvalue weighted by atomic mass is 31.2. The molecule has 2 unspecified atom stereocenters. The molecule has 2 aromatic heterocycles. The fourth-order valence-corrected chi connectivity index (χ4v) is 10.1. The number of aliphatic hydroxyl groups excluding tert-OH is 3. The monoisotopic (exact) mass is 1100 g/mol. The first-order valence-electron chi connectivity index (χ1n) is 26.8. The van der Waals surface area contributed by atoms with Crippen molar-refractivity contribution in [1.82, 2.24) is 29.7 Å². The van der Waals surface area contributed by atoms with Gasteiger partial charge in [-0.15, -0.1) is 0 Å². The number of aromatic nitrogens is 3. The molecule has 23 nitrogen and oxygen atoms in total. The van der Waals surface area contributed by atoms with Crippen molar-refractivity contribution in [2.45, 2.75) is 142 Å². The minimum atomic E-state index is -4.58. The SMILES string of the molecule is CCCCCC(C)CCCCCNc1nc(N)nc2ccn(Cc3ccc(CN4CCN(CCOP(=O)(O)OCc5ccc(O[C@@H]6O[C@H](C(=O)O)[C@@H](O)[C@H](O)[C@H]6O)c(NC(=O)CCNC(=O)CCC)c5)CC4)cc3OC)c12. The quantitative estimate of drug-likeness (QED) is 0.0223. The standard InChI is InChI=1S/C53H80N9O14P/c1-5-7-9-13-35(3)14-10-8-11-21-56-50-45-39(58-53(54)59-50)20-23-62(45)33-38-17-15-36(31-42(38)72-4)32-61-26-24-60(25-27-61)28-29-73-77(70,71)74-34-37-16-18-41(40(30-37)57-44(64)19-22-55-43(63)12-6-2)75-52-48(67)46(65)47(66)49(76-52)51(68)69/h15-18,20,23,30-31,35,46-49,52,65-67H,5-14,19,21-22,24-29,32-34H2,1-4H3,(H,55,63)(H,57,64)(H,68,69)(H,70,71)(H3,54,56,58,59)/t35?,46-,47-,48+,49-,52+/m0/s1. The van der Waals surface area contributed by atoms with Crippen molar-refractivity contribution in [3.63, 3.8) is 0 Å². The van der Waals surface area contributed by atoms with Crippen molar-refractivity contribution in [2.75, 3.05) is 75.9 Å². The molecule has 2 aliphatic heterocycles. The Morgan fingerprint density at radius 2 is 1.57 bits per heavy atom. The number of benzene rings is 2. The molecular formula is C53H80N9O14P. The molecule has 24 heteroatoms. The zero-order valence-corrected chi connectivity index (χ0v) is 45.7. The highest BCUT2D eigenvalue weighted by molar-refractivity contribution is 7.47. The minimum Gasteiger partial charge on any atom is -0.496 e. The van der Waals surface area contributed by atoms with E-state index in [2.05, 4.69) is 72.3 Å². The Morgan fingerprint density at radius 1 is 0.831 bits per heavy atom. The number of aliphatic hydroxyl groups is 3. The fourth-order valence-electron chi connectivity index (χ4n) is 9.36. The zero-order chi connectivity index (χ0) is 55.5. The molecule has 6 rings (SSSR count). The number of hydrogen-bond acceptors (Lipinski definition) is 18. The minimum absolute atomic E-state index is 0.0185. The van der Waals surface area contributed by atoms with Gasteiger partial charge in [-0.3, -0.25) is 28.4 Å². The molecule has 2 aliphatic rings. The molecule has 0 radical (unpaired) electrons. The molecule has 2 amide bonds. The molecule has 7 atom stereocenters. The van der Waals surface area contributed by atoms with E-state index >= 15 is 0 Å². The lowest BCUT2D eigenvalue weighted by molar-refractivity contribution is -0.271. The van der Waals surface area contributed by atoms with E-state index in [9.17, 15) is 44.3 Å². The summed E-state index contributed by atoms with van der Waals surface area (Å²) in [6, 6.07) is 12.3. The number of rotatable bonds is 32. The molecule has 2 aromatic carbocycles. The molecule has 2 fully saturated rings. The number of nitrogens with one attached hydrogen (secondary N) is 3. The second kappa shape index (κ2) is 30.1. The van der Waals surface area contributed by atoms with Gasteiger partial charge in [-0.25, -0.2) is 14.3 Å². The molecule has 0 aliphatic carbocycles. The first-order chi connectivity index (χ1) is 37.0. The van der Waals surface area contributed by atoms with Crippen LogP contribution in [0.3, 0.4) is 0 Å². The normalized spacial score (nSPS) is 20.3. The number of carbonyl (C=O) groups is 3. The van der Waals surface area contributed by atoms with Gasteiger partial charge in [-0.05, 0) is 54.2 Å². The number of piperazine rings is 1. The number of nitrogens with zero attached hydrogens (tertiary/aromatic N) is 5. The van der Waals surface area contributed by atoms with Crippen molar-refractivity contribution < 1.29 is 67.5 Å². The van der Waals surface area contributed by atoms with Gasteiger partial charge in [0.2, 0.25) is 24.1 Å². The number of ether oxygens (including phenoxy) is 3. The number of unbranched alkanes of at least 4 members (excludes halogenated alkanes) is 4. The average molecular weight is 1100 g/mol. The van der Waals surface area contributed by atoms with Gasteiger partial charge >= 0.3 is 13.8 Å². The Morgan fingerprint density at radius 3 is 2.30 bits per heavy atom. The van der Waals surface area contributed by atoms with Crippen LogP contribution in [-0.4, -0.2) is 158 Å². The van der Waals surface area contributed by atoms with Gasteiger partial charge in [0.25, 0.3) is 0 Å². The number of amides is 2. The molecule has 2 saturated heterocycles. The molecule has 0 saturated carbocycles. The Labute approximate surface area is 450 Å². The highest BCUT2D eigenvalue weighted by Gasteiger charge is 2.48. The van der Waals surface area contributed by atoms with E-state index in [-0.39, 0.29) is 54.8 Å². The molecule has 426 valence electrons. The van der Waals surface area contributed by atoms with Gasteiger partial charge in [-0.1, -0.05) is 83.9 Å². The number of aliphatic carboxylic acids is 1. The predicted octanol–water partition coefficient (Wildman–Crippen LogP) is 5.23. The van der Waals surface area contributed by atoms with Crippen molar-refractivity contribution in [1.29, 1.82) is 0 Å². The molecule has 77 heavy (non-hydrogen) atoms. The molecular weight excluding hydrogens is 1020 g/mol. The number of hydrogen-bond donors (Lipinski definition) is 9. The van der Waals surface area contributed by atoms with E-state index in [1.165, 1.54) is 56.7 Å². The third-order valence-corrected chi connectivity index (χ3v) is 14.7. The van der Waals surface area contributed by atoms with Gasteiger partial charge in [0, 0.05) is 77.0 Å². The molecule has 4 aromatic rings. The van der Waals surface area contributed by atoms with Crippen LogP contribution < -0.4 is 31.2 Å². The van der Waals surface area contributed by atoms with Gasteiger partial charge in [-0.2, -0.15) is 4.98 Å². The fraction of sp³-hybridized carbons (Fsp3) is 0.604. The van der Waals surface area contributed by atoms with E-state index < -0.39 is 57.0 Å². The van der Waals surface area contributed by atoms with Crippen LogP contribution in [-0.2, 0) is 52.4 Å². The summed E-state index contributed by atoms with van der Waals surface area (Å²) < 4.78 is 42.7. The smallest absolute Gasteiger partial charge is 0.472 e. The van der Waals surface area contributed by atoms with Gasteiger partial charge < -0.3 is 65.8 Å². The zero-order valence-electron chi connectivity index (χ0n) is 44.8. The van der Waals surface area contributed by atoms with Gasteiger partial charge in [0.15, 0.2) is 11.9 Å². The first-order valence-corrected chi connectivity index (χ1v) is 28.3. The van der Waals surface area contributed by atoms with E-state index in [0.29, 0.717) is 39.1 Å². The second-order valence-corrected chi connectivity index (χ2v) is 21.4. The highest BCUT2D eigenvalue weighted by Crippen LogP contribution is 2.44. The topological polar surface area (TPSA) is 315 Å². The summed E-state index contributed by atoms with van der Waals surface area (Å²) in [4.78, 5) is 60.7. The number of carbonyl (C=O) groups excluding carboxylic acids is 2. The lowest BCUT2D eigenvalue weighted by atomic mass is 9.97. The summed E-state index contributed by atoms with van der Waals surface area (Å²) >= 11 is 0. The maximum atomic E-state index is 13.0. The summed E-state index contributed by atoms with van der Waals surface area (Å²) in [5.41, 5.74) is 10.1. The third kappa shape index (κ3) is 18.6. The predicted molar refractivity (Wildman–Crippen MR) is 289 cm³/mol. The summed E-state index contributed by atoms with van der Waals surface area (Å²) in [6.45, 7) is 11.3. The number of phosphoric acid groups is 1. The summed E-state index contributed by atoms with van der Waals surface area (Å²) in [6.07, 6.45) is 3.13. The second-order valence-electron chi connectivity index (χ2n) is 19.9. The average Bonchev–Trinajstić information content (AvgIpc) is 3.81. The third-order valence-electron chi connectivity index (χ3n) is 13.7. The van der Waals surface area contributed by atoms with Crippen LogP contribution >= 0.6 is 7.82 Å². The number of methoxy groups -OCH3 is 1. The number of anilines is 3. The Balaban J connectivity index is 0.962. The van der Waals surface area contributed by atoms with Crippen molar-refractivity contribution >= 4 is 54.1 Å². The maximum Gasteiger partial charge on any atom is 0.472 e. The summed E-state index contributed by atoms with van der Waals surface area (Å²) in [7, 11) is -2.91. The van der Waals surface area contributed by atoms with Gasteiger partial charge in [0.05, 0.1) is 38.1 Å². The molecule has 4 heterocycles. The number of phosphoric ester groups is 1. The van der Waals surface area contributed by atoms with Crippen molar-refractivity contribution in [3.05, 3.63) is 65.4 Å².